The summed E-state index contributed by atoms with van der Waals surface area (Å²) in [5, 5.41) is 27.1. The Kier molecular flexibility index (Phi) is 18.5. The van der Waals surface area contributed by atoms with E-state index >= 15 is 0 Å². The van der Waals surface area contributed by atoms with Gasteiger partial charge >= 0.3 is 0 Å². The molecule has 0 fully saturated rings. The van der Waals surface area contributed by atoms with Crippen molar-refractivity contribution in [3.8, 4) is 0 Å². The van der Waals surface area contributed by atoms with Crippen LogP contribution in [0.25, 0.3) is 0 Å². The molecule has 0 atom stereocenters. The molecule has 126 valence electrons. The Balaban J connectivity index is 2.91. The van der Waals surface area contributed by atoms with Crippen LogP contribution in [0.2, 0.25) is 0 Å². The molecule has 0 bridgehead atoms. The zero-order valence-electron chi connectivity index (χ0n) is 12.3. The van der Waals surface area contributed by atoms with E-state index < -0.39 is 0 Å². The van der Waals surface area contributed by atoms with E-state index in [9.17, 15) is 0 Å². The van der Waals surface area contributed by atoms with Crippen LogP contribution in [0.3, 0.4) is 0 Å². The van der Waals surface area contributed by atoms with E-state index in [1.807, 2.05) is 0 Å². The van der Waals surface area contributed by atoms with E-state index in [1.54, 1.807) is 0 Å². The van der Waals surface area contributed by atoms with Crippen molar-refractivity contribution in [3.63, 3.8) is 0 Å². The second kappa shape index (κ2) is 19.2. The van der Waals surface area contributed by atoms with E-state index in [4.69, 9.17) is 0 Å². The molecule has 0 saturated carbocycles. The van der Waals surface area contributed by atoms with Crippen LogP contribution in [-0.4, -0.2) is 6.61 Å². The number of unbranched alkanes of at least 4 members (excludes halogenated alkanes) is 7. The zero-order chi connectivity index (χ0) is 15.4. The van der Waals surface area contributed by atoms with Gasteiger partial charge < -0.3 is 4.89 Å². The minimum absolute atomic E-state index is 0.381. The first-order valence-electron chi connectivity index (χ1n) is 6.97. The monoisotopic (exact) mass is 312 g/mol. The molecular weight excluding hydrogens is 288 g/mol. The van der Waals surface area contributed by atoms with Crippen LogP contribution in [0.4, 0.5) is 0 Å². The summed E-state index contributed by atoms with van der Waals surface area (Å²) in [6.07, 6.45) is 10.5. The molecule has 0 amide bonds. The molecule has 0 N–H and O–H groups in total. The van der Waals surface area contributed by atoms with Crippen LogP contribution in [0.1, 0.15) is 58.3 Å². The van der Waals surface area contributed by atoms with Crippen molar-refractivity contribution in [1.82, 2.24) is 0 Å². The van der Waals surface area contributed by atoms with Gasteiger partial charge in [0.05, 0.1) is 6.61 Å². The molecule has 0 aromatic carbocycles. The predicted octanol–water partition coefficient (Wildman–Crippen LogP) is 3.74. The number of rotatable bonds is 18. The molecule has 0 radical (unpaired) electrons. The summed E-state index contributed by atoms with van der Waals surface area (Å²) in [7, 11) is 0. The Morgan fingerprint density at radius 3 is 1.81 bits per heavy atom. The maximum Gasteiger partial charge on any atom is 0.125 e. The van der Waals surface area contributed by atoms with Gasteiger partial charge in [-0.1, -0.05) is 58.4 Å². The molecule has 0 aliphatic carbocycles. The lowest BCUT2D eigenvalue weighted by molar-refractivity contribution is -0.829. The molecular formula is C12H24O9. The Hall–Kier alpha value is -0.780. The second-order valence-corrected chi connectivity index (χ2v) is 4.04. The van der Waals surface area contributed by atoms with Crippen molar-refractivity contribution in [2.75, 3.05) is 6.61 Å². The molecule has 0 spiro atoms. The molecule has 0 heterocycles. The van der Waals surface area contributed by atoms with Crippen LogP contribution >= 0.6 is 0 Å². The van der Waals surface area contributed by atoms with Crippen molar-refractivity contribution in [2.45, 2.75) is 58.3 Å². The summed E-state index contributed by atoms with van der Waals surface area (Å²) < 4.78 is 0. The highest BCUT2D eigenvalue weighted by molar-refractivity contribution is 4.45. The van der Waals surface area contributed by atoms with Crippen LogP contribution in [0.5, 0.6) is 0 Å². The number of hydrogen-bond acceptors (Lipinski definition) is 9. The average molecular weight is 312 g/mol. The van der Waals surface area contributed by atoms with Crippen LogP contribution < -0.4 is 0 Å². The standard InChI is InChI=1S/C12H24O9/c1-3-5-6-7-8-9-10-11-12-14-16-18-20-21-19-17-15-13-4-2/h4H,2-3,5-12H2,1H3. The lowest BCUT2D eigenvalue weighted by Crippen LogP contribution is -2.02. The van der Waals surface area contributed by atoms with Gasteiger partial charge in [0, 0.05) is 20.2 Å². The molecule has 9 heteroatoms. The van der Waals surface area contributed by atoms with E-state index in [0.717, 1.165) is 19.1 Å². The molecule has 0 rings (SSSR count). The average Bonchev–Trinajstić information content (AvgIpc) is 2.50. The Morgan fingerprint density at radius 1 is 0.667 bits per heavy atom. The third-order valence-electron chi connectivity index (χ3n) is 2.40. The molecule has 0 unspecified atom stereocenters. The molecule has 0 saturated heterocycles. The van der Waals surface area contributed by atoms with Gasteiger partial charge in [-0.3, -0.25) is 0 Å². The largest absolute Gasteiger partial charge is 0.315 e. The van der Waals surface area contributed by atoms with Gasteiger partial charge in [0.1, 0.15) is 6.26 Å². The minimum Gasteiger partial charge on any atom is -0.315 e. The summed E-state index contributed by atoms with van der Waals surface area (Å²) in [5.74, 6) is 0. The van der Waals surface area contributed by atoms with Gasteiger partial charge in [0.15, 0.2) is 0 Å². The Labute approximate surface area is 124 Å². The van der Waals surface area contributed by atoms with E-state index in [1.165, 1.54) is 38.5 Å². The second-order valence-electron chi connectivity index (χ2n) is 4.04. The van der Waals surface area contributed by atoms with Gasteiger partial charge in [-0.25, -0.2) is 4.89 Å². The van der Waals surface area contributed by atoms with Gasteiger partial charge in [-0.2, -0.15) is 0 Å². The van der Waals surface area contributed by atoms with Gasteiger partial charge in [0.25, 0.3) is 0 Å². The van der Waals surface area contributed by atoms with Crippen molar-refractivity contribution in [2.24, 2.45) is 0 Å². The normalized spacial score (nSPS) is 10.7. The highest BCUT2D eigenvalue weighted by Crippen LogP contribution is 2.08. The Bertz CT molecular complexity index is 203. The highest BCUT2D eigenvalue weighted by Gasteiger charge is 1.96. The van der Waals surface area contributed by atoms with Crippen LogP contribution in [0.15, 0.2) is 12.8 Å². The molecule has 0 aliphatic heterocycles. The van der Waals surface area contributed by atoms with E-state index in [0.29, 0.717) is 6.61 Å². The van der Waals surface area contributed by atoms with E-state index in [-0.39, 0.29) is 0 Å². The predicted molar refractivity (Wildman–Crippen MR) is 67.4 cm³/mol. The van der Waals surface area contributed by atoms with Gasteiger partial charge in [0.2, 0.25) is 0 Å². The van der Waals surface area contributed by atoms with Crippen molar-refractivity contribution in [1.29, 1.82) is 0 Å². The third kappa shape index (κ3) is 19.2. The maximum atomic E-state index is 4.63. The lowest BCUT2D eigenvalue weighted by atomic mass is 10.1. The maximum absolute atomic E-state index is 4.63. The molecule has 9 nitrogen and oxygen atoms in total. The van der Waals surface area contributed by atoms with Crippen LogP contribution in [-0.2, 0) is 45.0 Å². The first kappa shape index (κ1) is 20.2. The number of hydrogen-bond donors (Lipinski definition) is 0. The quantitative estimate of drug-likeness (QED) is 0.163. The van der Waals surface area contributed by atoms with Gasteiger partial charge in [-0.05, 0) is 21.5 Å². The van der Waals surface area contributed by atoms with Crippen molar-refractivity contribution in [3.05, 3.63) is 12.8 Å². The molecule has 21 heavy (non-hydrogen) atoms. The lowest BCUT2D eigenvalue weighted by Gasteiger charge is -2.02. The molecule has 0 aliphatic rings. The SMILES string of the molecule is C=COOOOOOOOOCCCCCCCCCC. The molecule has 0 aromatic rings. The van der Waals surface area contributed by atoms with E-state index in [2.05, 4.69) is 58.5 Å². The zero-order valence-corrected chi connectivity index (χ0v) is 12.3. The third-order valence-corrected chi connectivity index (χ3v) is 2.40. The first-order chi connectivity index (χ1) is 10.4. The topological polar surface area (TPSA) is 83.1 Å². The smallest absolute Gasteiger partial charge is 0.125 e. The summed E-state index contributed by atoms with van der Waals surface area (Å²) in [6, 6.07) is 0. The molecule has 0 aromatic heterocycles. The van der Waals surface area contributed by atoms with Crippen LogP contribution in [0, 0.1) is 0 Å². The Morgan fingerprint density at radius 2 is 1.19 bits per heavy atom. The summed E-state index contributed by atoms with van der Waals surface area (Å²) in [4.78, 5) is 8.67. The summed E-state index contributed by atoms with van der Waals surface area (Å²) in [5.41, 5.74) is 0. The fourth-order valence-electron chi connectivity index (χ4n) is 1.45. The fraction of sp³-hybridized carbons (Fsp3) is 0.833. The highest BCUT2D eigenvalue weighted by atomic mass is 17.9. The summed E-state index contributed by atoms with van der Waals surface area (Å²) in [6.45, 7) is 5.74. The van der Waals surface area contributed by atoms with Crippen molar-refractivity contribution < 1.29 is 45.0 Å². The first-order valence-corrected chi connectivity index (χ1v) is 6.97. The summed E-state index contributed by atoms with van der Waals surface area (Å²) >= 11 is 0. The minimum atomic E-state index is 0.381. The fourth-order valence-corrected chi connectivity index (χ4v) is 1.45. The van der Waals surface area contributed by atoms with Crippen molar-refractivity contribution >= 4 is 0 Å². The van der Waals surface area contributed by atoms with Gasteiger partial charge in [-0.15, -0.1) is 0 Å².